The standard InChI is InChI=1S/C18H28N2OS/c1-17(2,3)13-18(4,5)19-12-16(21)20-10-11-22-15-9-7-6-8-14(15)20/h6-9,19H,10-13H2,1-5H3. The van der Waals surface area contributed by atoms with E-state index in [9.17, 15) is 4.79 Å². The van der Waals surface area contributed by atoms with E-state index in [0.717, 1.165) is 24.4 Å². The van der Waals surface area contributed by atoms with Crippen molar-refractivity contribution in [3.05, 3.63) is 24.3 Å². The first-order valence-electron chi connectivity index (χ1n) is 7.95. The smallest absolute Gasteiger partial charge is 0.241 e. The predicted octanol–water partition coefficient (Wildman–Crippen LogP) is 3.93. The summed E-state index contributed by atoms with van der Waals surface area (Å²) < 4.78 is 0. The minimum absolute atomic E-state index is 0.0437. The Bertz CT molecular complexity index is 534. The van der Waals surface area contributed by atoms with Crippen molar-refractivity contribution in [1.29, 1.82) is 0 Å². The number of amides is 1. The maximum Gasteiger partial charge on any atom is 0.241 e. The molecule has 0 atom stereocenters. The van der Waals surface area contributed by atoms with Crippen molar-refractivity contribution < 1.29 is 4.79 Å². The lowest BCUT2D eigenvalue weighted by Gasteiger charge is -2.35. The quantitative estimate of drug-likeness (QED) is 0.912. The molecule has 0 bridgehead atoms. The lowest BCUT2D eigenvalue weighted by Crippen LogP contribution is -2.49. The number of anilines is 1. The second-order valence-electron chi connectivity index (χ2n) is 7.84. The molecule has 1 aliphatic heterocycles. The van der Waals surface area contributed by atoms with Crippen LogP contribution in [0.15, 0.2) is 29.2 Å². The molecule has 0 spiro atoms. The Labute approximate surface area is 138 Å². The first kappa shape index (κ1) is 17.4. The molecule has 2 rings (SSSR count). The van der Waals surface area contributed by atoms with Gasteiger partial charge < -0.3 is 10.2 Å². The minimum atomic E-state index is -0.0437. The molecule has 1 aromatic rings. The van der Waals surface area contributed by atoms with Crippen LogP contribution in [0.2, 0.25) is 0 Å². The third-order valence-corrected chi connectivity index (χ3v) is 4.76. The number of fused-ring (bicyclic) bond motifs is 1. The lowest BCUT2D eigenvalue weighted by molar-refractivity contribution is -0.118. The average Bonchev–Trinajstić information content (AvgIpc) is 2.42. The maximum atomic E-state index is 12.6. The third-order valence-electron chi connectivity index (χ3n) is 3.72. The Balaban J connectivity index is 1.99. The largest absolute Gasteiger partial charge is 0.309 e. The Morgan fingerprint density at radius 1 is 1.23 bits per heavy atom. The Hall–Kier alpha value is -1.00. The highest BCUT2D eigenvalue weighted by Gasteiger charge is 2.28. The molecule has 0 aromatic heterocycles. The van der Waals surface area contributed by atoms with Crippen molar-refractivity contribution in [3.63, 3.8) is 0 Å². The first-order chi connectivity index (χ1) is 10.2. The van der Waals surface area contributed by atoms with Crippen LogP contribution in [-0.4, -0.2) is 30.3 Å². The number of carbonyl (C=O) groups excluding carboxylic acids is 1. The van der Waals surface area contributed by atoms with Crippen molar-refractivity contribution in [1.82, 2.24) is 5.32 Å². The number of nitrogens with one attached hydrogen (secondary N) is 1. The van der Waals surface area contributed by atoms with Crippen LogP contribution in [0.3, 0.4) is 0 Å². The molecule has 0 aliphatic carbocycles. The highest BCUT2D eigenvalue weighted by molar-refractivity contribution is 7.99. The van der Waals surface area contributed by atoms with Gasteiger partial charge in [0, 0.05) is 22.7 Å². The van der Waals surface area contributed by atoms with Gasteiger partial charge in [0.2, 0.25) is 5.91 Å². The molecule has 4 heteroatoms. The fraction of sp³-hybridized carbons (Fsp3) is 0.611. The summed E-state index contributed by atoms with van der Waals surface area (Å²) in [6.07, 6.45) is 1.03. The third kappa shape index (κ3) is 4.75. The van der Waals surface area contributed by atoms with Crippen LogP contribution >= 0.6 is 11.8 Å². The minimum Gasteiger partial charge on any atom is -0.309 e. The average molecular weight is 321 g/mol. The number of carbonyl (C=O) groups is 1. The van der Waals surface area contributed by atoms with Gasteiger partial charge in [-0.25, -0.2) is 0 Å². The zero-order valence-corrected chi connectivity index (χ0v) is 15.2. The van der Waals surface area contributed by atoms with E-state index < -0.39 is 0 Å². The van der Waals surface area contributed by atoms with E-state index in [4.69, 9.17) is 0 Å². The summed E-state index contributed by atoms with van der Waals surface area (Å²) in [7, 11) is 0. The topological polar surface area (TPSA) is 32.3 Å². The molecule has 0 unspecified atom stereocenters. The van der Waals surface area contributed by atoms with E-state index in [-0.39, 0.29) is 16.9 Å². The number of benzene rings is 1. The summed E-state index contributed by atoms with van der Waals surface area (Å²) in [5, 5.41) is 3.45. The van der Waals surface area contributed by atoms with Crippen LogP contribution in [-0.2, 0) is 4.79 Å². The van der Waals surface area contributed by atoms with E-state index in [1.807, 2.05) is 34.9 Å². The summed E-state index contributed by atoms with van der Waals surface area (Å²) in [5.74, 6) is 1.13. The van der Waals surface area contributed by atoms with Gasteiger partial charge in [-0.1, -0.05) is 32.9 Å². The molecule has 1 N–H and O–H groups in total. The summed E-state index contributed by atoms with van der Waals surface area (Å²) in [6.45, 7) is 12.2. The van der Waals surface area contributed by atoms with Gasteiger partial charge in [0.25, 0.3) is 0 Å². The zero-order valence-electron chi connectivity index (χ0n) is 14.4. The van der Waals surface area contributed by atoms with E-state index in [1.165, 1.54) is 4.90 Å². The molecule has 1 amide bonds. The summed E-state index contributed by atoms with van der Waals surface area (Å²) in [5.41, 5.74) is 1.26. The van der Waals surface area contributed by atoms with Gasteiger partial charge in [-0.15, -0.1) is 11.8 Å². The molecule has 0 saturated carbocycles. The molecule has 122 valence electrons. The molecule has 3 nitrogen and oxygen atoms in total. The molecule has 1 aliphatic rings. The van der Waals surface area contributed by atoms with Gasteiger partial charge in [-0.05, 0) is 37.8 Å². The second-order valence-corrected chi connectivity index (χ2v) is 8.97. The van der Waals surface area contributed by atoms with Crippen molar-refractivity contribution in [2.75, 3.05) is 23.7 Å². The molecular weight excluding hydrogens is 292 g/mol. The van der Waals surface area contributed by atoms with Crippen LogP contribution in [0.4, 0.5) is 5.69 Å². The van der Waals surface area contributed by atoms with Crippen LogP contribution in [0.25, 0.3) is 0 Å². The summed E-state index contributed by atoms with van der Waals surface area (Å²) in [6, 6.07) is 8.17. The fourth-order valence-electron chi connectivity index (χ4n) is 3.23. The molecule has 0 radical (unpaired) electrons. The Kier molecular flexibility index (Phi) is 5.23. The first-order valence-corrected chi connectivity index (χ1v) is 8.94. The van der Waals surface area contributed by atoms with Gasteiger partial charge >= 0.3 is 0 Å². The number of rotatable bonds is 4. The molecule has 0 fully saturated rings. The van der Waals surface area contributed by atoms with E-state index >= 15 is 0 Å². The number of thioether (sulfide) groups is 1. The molecule has 1 heterocycles. The van der Waals surface area contributed by atoms with Crippen LogP contribution in [0.1, 0.15) is 41.0 Å². The van der Waals surface area contributed by atoms with Crippen LogP contribution in [0, 0.1) is 5.41 Å². The van der Waals surface area contributed by atoms with Crippen molar-refractivity contribution in [3.8, 4) is 0 Å². The highest BCUT2D eigenvalue weighted by Crippen LogP contribution is 2.34. The Morgan fingerprint density at radius 3 is 2.59 bits per heavy atom. The molecule has 0 saturated heterocycles. The van der Waals surface area contributed by atoms with Crippen LogP contribution in [0.5, 0.6) is 0 Å². The van der Waals surface area contributed by atoms with Gasteiger partial charge in [0.1, 0.15) is 0 Å². The molecule has 22 heavy (non-hydrogen) atoms. The fourth-order valence-corrected chi connectivity index (χ4v) is 4.22. The molecular formula is C18H28N2OS. The monoisotopic (exact) mass is 320 g/mol. The van der Waals surface area contributed by atoms with Gasteiger partial charge in [-0.3, -0.25) is 4.79 Å². The summed E-state index contributed by atoms with van der Waals surface area (Å²) >= 11 is 1.83. The second kappa shape index (κ2) is 6.63. The van der Waals surface area contributed by atoms with Crippen molar-refractivity contribution in [2.24, 2.45) is 5.41 Å². The maximum absolute atomic E-state index is 12.6. The predicted molar refractivity (Wildman–Crippen MR) is 95.7 cm³/mol. The van der Waals surface area contributed by atoms with Crippen LogP contribution < -0.4 is 10.2 Å². The SMILES string of the molecule is CC(C)(C)CC(C)(C)NCC(=O)N1CCSc2ccccc21. The molecule has 1 aromatic carbocycles. The number of hydrogen-bond acceptors (Lipinski definition) is 3. The normalized spacial score (nSPS) is 15.6. The highest BCUT2D eigenvalue weighted by atomic mass is 32.2. The van der Waals surface area contributed by atoms with Gasteiger partial charge in [0.15, 0.2) is 0 Å². The number of nitrogens with zero attached hydrogens (tertiary/aromatic N) is 1. The summed E-state index contributed by atoms with van der Waals surface area (Å²) in [4.78, 5) is 15.8. The number of hydrogen-bond donors (Lipinski definition) is 1. The van der Waals surface area contributed by atoms with Gasteiger partial charge in [0.05, 0.1) is 12.2 Å². The van der Waals surface area contributed by atoms with E-state index in [2.05, 4.69) is 46.0 Å². The van der Waals surface area contributed by atoms with E-state index in [0.29, 0.717) is 6.54 Å². The zero-order chi connectivity index (χ0) is 16.4. The Morgan fingerprint density at radius 2 is 1.91 bits per heavy atom. The van der Waals surface area contributed by atoms with Gasteiger partial charge in [-0.2, -0.15) is 0 Å². The van der Waals surface area contributed by atoms with E-state index in [1.54, 1.807) is 0 Å². The lowest BCUT2D eigenvalue weighted by atomic mass is 9.82. The van der Waals surface area contributed by atoms with Crippen molar-refractivity contribution in [2.45, 2.75) is 51.5 Å². The van der Waals surface area contributed by atoms with Crippen molar-refractivity contribution >= 4 is 23.4 Å². The number of para-hydroxylation sites is 1.